The van der Waals surface area contributed by atoms with Crippen LogP contribution in [0.2, 0.25) is 0 Å². The fourth-order valence-corrected chi connectivity index (χ4v) is 4.83. The molecule has 2 atom stereocenters. The number of rotatable bonds is 6. The van der Waals surface area contributed by atoms with Crippen LogP contribution in [0.15, 0.2) is 0 Å². The Morgan fingerprint density at radius 1 is 1.12 bits per heavy atom. The molecule has 0 spiro atoms. The maximum atomic E-state index is 12.1. The number of ketones is 1. The van der Waals surface area contributed by atoms with E-state index in [0.717, 1.165) is 23.3 Å². The largest absolute Gasteiger partial charge is 0.299 e. The zero-order valence-corrected chi connectivity index (χ0v) is 11.2. The van der Waals surface area contributed by atoms with Crippen molar-refractivity contribution in [3.63, 3.8) is 0 Å². The number of unbranched alkanes of at least 4 members (excludes halogenated alkanes) is 3. The monoisotopic (exact) mass is 240 g/mol. The third-order valence-electron chi connectivity index (χ3n) is 4.02. The standard InChI is InChI=1S/C14H24OS/c1-2-3-4-5-6-14(15)11-9-12-7-8-13(10-11)16-12/h11-13H,2-10H2,1H3. The van der Waals surface area contributed by atoms with Gasteiger partial charge in [0.25, 0.3) is 0 Å². The highest BCUT2D eigenvalue weighted by Gasteiger charge is 2.37. The Bertz CT molecular complexity index is 227. The summed E-state index contributed by atoms with van der Waals surface area (Å²) in [5.41, 5.74) is 0. The Hall–Kier alpha value is 0.0200. The molecular weight excluding hydrogens is 216 g/mol. The highest BCUT2D eigenvalue weighted by Crippen LogP contribution is 2.46. The van der Waals surface area contributed by atoms with Crippen molar-refractivity contribution in [2.75, 3.05) is 0 Å². The molecule has 2 heteroatoms. The van der Waals surface area contributed by atoms with Crippen LogP contribution in [0.4, 0.5) is 0 Å². The molecule has 2 fully saturated rings. The van der Waals surface area contributed by atoms with Gasteiger partial charge in [0.15, 0.2) is 0 Å². The number of fused-ring (bicyclic) bond motifs is 2. The molecule has 0 aromatic rings. The zero-order valence-electron chi connectivity index (χ0n) is 10.4. The minimum Gasteiger partial charge on any atom is -0.299 e. The molecule has 2 aliphatic heterocycles. The molecule has 2 bridgehead atoms. The number of Topliss-reactive ketones (excluding diaryl/α,β-unsaturated/α-hetero) is 1. The molecule has 0 N–H and O–H groups in total. The number of carbonyl (C=O) groups excluding carboxylic acids is 1. The molecule has 0 aliphatic carbocycles. The van der Waals surface area contributed by atoms with Gasteiger partial charge in [0.2, 0.25) is 0 Å². The molecule has 16 heavy (non-hydrogen) atoms. The van der Waals surface area contributed by atoms with Gasteiger partial charge in [0, 0.05) is 22.8 Å². The lowest BCUT2D eigenvalue weighted by Gasteiger charge is -2.26. The van der Waals surface area contributed by atoms with Crippen LogP contribution in [0.1, 0.15) is 64.7 Å². The van der Waals surface area contributed by atoms with E-state index >= 15 is 0 Å². The molecule has 0 saturated carbocycles. The Morgan fingerprint density at radius 2 is 1.81 bits per heavy atom. The minimum atomic E-state index is 0.431. The van der Waals surface area contributed by atoms with E-state index in [1.54, 1.807) is 0 Å². The third kappa shape index (κ3) is 3.26. The molecule has 92 valence electrons. The SMILES string of the molecule is CCCCCCC(=O)C1CC2CCC(C1)S2. The molecule has 0 aromatic carbocycles. The maximum absolute atomic E-state index is 12.1. The fourth-order valence-electron chi connectivity index (χ4n) is 3.05. The van der Waals surface area contributed by atoms with Gasteiger partial charge >= 0.3 is 0 Å². The second-order valence-electron chi connectivity index (χ2n) is 5.40. The number of hydrogen-bond donors (Lipinski definition) is 0. The van der Waals surface area contributed by atoms with Gasteiger partial charge in [-0.05, 0) is 32.1 Å². The van der Waals surface area contributed by atoms with Crippen LogP contribution in [0.25, 0.3) is 0 Å². The lowest BCUT2D eigenvalue weighted by atomic mass is 9.91. The van der Waals surface area contributed by atoms with E-state index in [9.17, 15) is 4.79 Å². The second kappa shape index (κ2) is 6.09. The van der Waals surface area contributed by atoms with Crippen molar-refractivity contribution in [3.05, 3.63) is 0 Å². The van der Waals surface area contributed by atoms with Gasteiger partial charge in [-0.25, -0.2) is 0 Å². The van der Waals surface area contributed by atoms with Crippen LogP contribution in [-0.2, 0) is 4.79 Å². The van der Waals surface area contributed by atoms with Crippen molar-refractivity contribution in [2.45, 2.75) is 75.2 Å². The van der Waals surface area contributed by atoms with Crippen molar-refractivity contribution in [1.82, 2.24) is 0 Å². The van der Waals surface area contributed by atoms with Crippen LogP contribution in [0.3, 0.4) is 0 Å². The highest BCUT2D eigenvalue weighted by atomic mass is 32.2. The average Bonchev–Trinajstić information content (AvgIpc) is 2.63. The Labute approximate surface area is 104 Å². The summed E-state index contributed by atoms with van der Waals surface area (Å²) in [6.45, 7) is 2.22. The molecule has 1 nitrogen and oxygen atoms in total. The lowest BCUT2D eigenvalue weighted by Crippen LogP contribution is -2.24. The van der Waals surface area contributed by atoms with Gasteiger partial charge in [0.1, 0.15) is 5.78 Å². The summed E-state index contributed by atoms with van der Waals surface area (Å²) in [4.78, 5) is 12.1. The highest BCUT2D eigenvalue weighted by molar-refractivity contribution is 8.00. The van der Waals surface area contributed by atoms with E-state index in [4.69, 9.17) is 0 Å². The van der Waals surface area contributed by atoms with E-state index in [1.807, 2.05) is 0 Å². The Morgan fingerprint density at radius 3 is 2.44 bits per heavy atom. The molecule has 2 saturated heterocycles. The van der Waals surface area contributed by atoms with Crippen LogP contribution < -0.4 is 0 Å². The first-order chi connectivity index (χ1) is 7.79. The van der Waals surface area contributed by atoms with Crippen molar-refractivity contribution in [2.24, 2.45) is 5.92 Å². The maximum Gasteiger partial charge on any atom is 0.136 e. The summed E-state index contributed by atoms with van der Waals surface area (Å²) in [7, 11) is 0. The first-order valence-electron chi connectivity index (χ1n) is 6.97. The van der Waals surface area contributed by atoms with Crippen LogP contribution >= 0.6 is 11.8 Å². The number of thioether (sulfide) groups is 1. The van der Waals surface area contributed by atoms with Gasteiger partial charge in [-0.3, -0.25) is 4.79 Å². The van der Waals surface area contributed by atoms with Gasteiger partial charge < -0.3 is 0 Å². The van der Waals surface area contributed by atoms with E-state index in [1.165, 1.54) is 44.9 Å². The fraction of sp³-hybridized carbons (Fsp3) is 0.929. The smallest absolute Gasteiger partial charge is 0.136 e. The summed E-state index contributed by atoms with van der Waals surface area (Å²) >= 11 is 2.15. The van der Waals surface area contributed by atoms with Gasteiger partial charge in [-0.1, -0.05) is 26.2 Å². The van der Waals surface area contributed by atoms with Gasteiger partial charge in [-0.15, -0.1) is 0 Å². The molecule has 2 heterocycles. The molecule has 0 aromatic heterocycles. The molecule has 2 rings (SSSR count). The van der Waals surface area contributed by atoms with Crippen molar-refractivity contribution < 1.29 is 4.79 Å². The van der Waals surface area contributed by atoms with Gasteiger partial charge in [0.05, 0.1) is 0 Å². The quantitative estimate of drug-likeness (QED) is 0.647. The molecule has 2 unspecified atom stereocenters. The predicted molar refractivity (Wildman–Crippen MR) is 70.9 cm³/mol. The van der Waals surface area contributed by atoms with Crippen molar-refractivity contribution >= 4 is 17.5 Å². The van der Waals surface area contributed by atoms with Crippen LogP contribution in [-0.4, -0.2) is 16.3 Å². The summed E-state index contributed by atoms with van der Waals surface area (Å²) < 4.78 is 0. The summed E-state index contributed by atoms with van der Waals surface area (Å²) in [5.74, 6) is 1.01. The average molecular weight is 240 g/mol. The zero-order chi connectivity index (χ0) is 11.4. The van der Waals surface area contributed by atoms with E-state index in [0.29, 0.717) is 11.7 Å². The van der Waals surface area contributed by atoms with E-state index in [2.05, 4.69) is 18.7 Å². The normalized spacial score (nSPS) is 32.9. The minimum absolute atomic E-state index is 0.431. The lowest BCUT2D eigenvalue weighted by molar-refractivity contribution is -0.123. The van der Waals surface area contributed by atoms with Crippen molar-refractivity contribution in [1.29, 1.82) is 0 Å². The van der Waals surface area contributed by atoms with Crippen molar-refractivity contribution in [3.8, 4) is 0 Å². The number of hydrogen-bond acceptors (Lipinski definition) is 2. The summed E-state index contributed by atoms with van der Waals surface area (Å²) in [6.07, 6.45) is 10.9. The Balaban J connectivity index is 1.69. The molecular formula is C14H24OS. The first kappa shape index (κ1) is 12.5. The number of carbonyl (C=O) groups is 1. The molecule has 0 amide bonds. The van der Waals surface area contributed by atoms with Gasteiger partial charge in [-0.2, -0.15) is 11.8 Å². The Kier molecular flexibility index (Phi) is 4.75. The van der Waals surface area contributed by atoms with E-state index in [-0.39, 0.29) is 0 Å². The predicted octanol–water partition coefficient (Wildman–Crippen LogP) is 4.20. The third-order valence-corrected chi connectivity index (χ3v) is 5.65. The summed E-state index contributed by atoms with van der Waals surface area (Å²) in [5, 5.41) is 1.65. The molecule has 0 radical (unpaired) electrons. The molecule has 2 aliphatic rings. The van der Waals surface area contributed by atoms with Crippen LogP contribution in [0, 0.1) is 5.92 Å². The summed E-state index contributed by atoms with van der Waals surface area (Å²) in [6, 6.07) is 0. The second-order valence-corrected chi connectivity index (χ2v) is 7.01. The first-order valence-corrected chi connectivity index (χ1v) is 7.92. The van der Waals surface area contributed by atoms with Crippen LogP contribution in [0.5, 0.6) is 0 Å². The topological polar surface area (TPSA) is 17.1 Å². The van der Waals surface area contributed by atoms with E-state index < -0.39 is 0 Å².